The highest BCUT2D eigenvalue weighted by Crippen LogP contribution is 2.63. The number of carboxylic acid groups (broad SMARTS) is 2. The number of imidazole rings is 2. The number of carboxylic acids is 2. The van der Waals surface area contributed by atoms with Crippen LogP contribution in [0.5, 0.6) is 0 Å². The molecule has 1 amide bonds. The number of fused-ring (bicyclic) bond motifs is 7. The molecule has 0 spiro atoms. The fourth-order valence-corrected chi connectivity index (χ4v) is 13.4. The van der Waals surface area contributed by atoms with Gasteiger partial charge in [0.1, 0.15) is 0 Å². The average molecular weight is 911 g/mol. The van der Waals surface area contributed by atoms with E-state index in [9.17, 15) is 29.4 Å². The maximum Gasteiger partial charge on any atom is 0.309 e. The highest BCUT2D eigenvalue weighted by Gasteiger charge is 2.58. The molecule has 4 bridgehead atoms. The van der Waals surface area contributed by atoms with E-state index in [4.69, 9.17) is 33.2 Å². The third-order valence-corrected chi connectivity index (χ3v) is 17.7. The number of aliphatic carboxylic acids is 2. The highest BCUT2D eigenvalue weighted by molar-refractivity contribution is 6.39. The molecule has 338 valence electrons. The lowest BCUT2D eigenvalue weighted by atomic mass is 9.53. The summed E-state index contributed by atoms with van der Waals surface area (Å²) < 4.78 is 3.81. The molecule has 11 rings (SSSR count). The summed E-state index contributed by atoms with van der Waals surface area (Å²) in [7, 11) is 3.78. The van der Waals surface area contributed by atoms with Crippen molar-refractivity contribution >= 4 is 52.5 Å². The van der Waals surface area contributed by atoms with Crippen molar-refractivity contribution in [2.45, 2.75) is 109 Å². The van der Waals surface area contributed by atoms with Crippen molar-refractivity contribution in [1.29, 1.82) is 0 Å². The van der Waals surface area contributed by atoms with Crippen molar-refractivity contribution in [3.05, 3.63) is 86.4 Å². The number of nitrogens with zero attached hydrogens (tertiary/aromatic N) is 6. The predicted molar refractivity (Wildman–Crippen MR) is 243 cm³/mol. The van der Waals surface area contributed by atoms with Crippen LogP contribution >= 0.6 is 23.2 Å². The number of hydrogen-bond acceptors (Lipinski definition) is 8. The molecule has 64 heavy (non-hydrogen) atoms. The SMILES string of the molecule is Cn1c(C(=O)Cc2cccc(-c3cccc(NC(=O)c4nc5c(n4C)CCN(CCC46CCC(C(=O)O)(CC4)C6)C5)c3Cl)c2Cl)nc2c1CCN(CC13CCC(C(=O)O)(CC1)CC3)C2. The van der Waals surface area contributed by atoms with Gasteiger partial charge in [-0.05, 0) is 106 Å². The van der Waals surface area contributed by atoms with Crippen LogP contribution in [0.25, 0.3) is 11.1 Å². The van der Waals surface area contributed by atoms with E-state index in [1.165, 1.54) is 0 Å². The van der Waals surface area contributed by atoms with Gasteiger partial charge < -0.3 is 24.7 Å². The Hall–Kier alpha value is -4.56. The van der Waals surface area contributed by atoms with Crippen molar-refractivity contribution < 1.29 is 29.4 Å². The zero-order valence-corrected chi connectivity index (χ0v) is 38.3. The van der Waals surface area contributed by atoms with Gasteiger partial charge >= 0.3 is 11.9 Å². The molecule has 2 aromatic carbocycles. The van der Waals surface area contributed by atoms with Crippen LogP contribution in [0.2, 0.25) is 10.0 Å². The largest absolute Gasteiger partial charge is 0.481 e. The Kier molecular flexibility index (Phi) is 10.9. The monoisotopic (exact) mass is 909 g/mol. The number of nitrogens with one attached hydrogen (secondary N) is 1. The van der Waals surface area contributed by atoms with E-state index < -0.39 is 22.8 Å². The Morgan fingerprint density at radius 3 is 1.88 bits per heavy atom. The van der Waals surface area contributed by atoms with Gasteiger partial charge in [-0.15, -0.1) is 0 Å². The van der Waals surface area contributed by atoms with Gasteiger partial charge in [0, 0.05) is 88.6 Å². The standard InChI is InChI=1S/C49H57Cl2N7O6/c1-55-36-10-23-58(29-47-13-16-48(17-14-47,18-15-47)44(61)62)27-35(36)52-41(55)38(59)25-30-5-3-6-31(39(30)50)32-7-4-8-33(40(32)51)54-43(60)42-53-34-26-57(22-9-37(34)56(42)2)24-21-46-11-19-49(28-46,20-12-46)45(63)64/h3-8H,9-29H2,1-2H3,(H,54,60)(H,61,62)(H,63,64). The van der Waals surface area contributed by atoms with Crippen LogP contribution in [0.4, 0.5) is 5.69 Å². The average Bonchev–Trinajstić information content (AvgIpc) is 4.05. The topological polar surface area (TPSA) is 163 Å². The molecule has 7 aliphatic rings. The Labute approximate surface area is 383 Å². The van der Waals surface area contributed by atoms with Gasteiger partial charge in [0.15, 0.2) is 11.6 Å². The minimum Gasteiger partial charge on any atom is -0.481 e. The van der Waals surface area contributed by atoms with Crippen LogP contribution in [-0.2, 0) is 56.0 Å². The molecule has 2 aromatic heterocycles. The number of anilines is 1. The van der Waals surface area contributed by atoms with E-state index in [1.54, 1.807) is 6.07 Å². The molecule has 0 atom stereocenters. The van der Waals surface area contributed by atoms with Crippen molar-refractivity contribution in [2.75, 3.05) is 31.5 Å². The summed E-state index contributed by atoms with van der Waals surface area (Å²) in [6.07, 6.45) is 12.1. The number of amides is 1. The van der Waals surface area contributed by atoms with Crippen molar-refractivity contribution in [2.24, 2.45) is 35.8 Å². The second-order valence-electron chi connectivity index (χ2n) is 20.4. The Balaban J connectivity index is 0.786. The fourth-order valence-electron chi connectivity index (χ4n) is 12.8. The van der Waals surface area contributed by atoms with Crippen LogP contribution in [0.1, 0.15) is 127 Å². The number of rotatable bonds is 13. The number of Topliss-reactive ketones (excluding diaryl/α,β-unsaturated/α-hetero) is 1. The van der Waals surface area contributed by atoms with E-state index in [2.05, 4.69) is 15.1 Å². The molecule has 5 saturated carbocycles. The van der Waals surface area contributed by atoms with Gasteiger partial charge in [-0.3, -0.25) is 29.0 Å². The molecule has 4 aromatic rings. The summed E-state index contributed by atoms with van der Waals surface area (Å²) in [5.41, 5.74) is 5.51. The number of halogens is 2. The molecule has 0 radical (unpaired) electrons. The Morgan fingerprint density at radius 2 is 1.23 bits per heavy atom. The first-order valence-corrected chi connectivity index (χ1v) is 23.8. The third kappa shape index (κ3) is 7.38. The predicted octanol–water partition coefficient (Wildman–Crippen LogP) is 8.37. The van der Waals surface area contributed by atoms with Crippen molar-refractivity contribution in [3.8, 4) is 11.1 Å². The molecule has 4 heterocycles. The summed E-state index contributed by atoms with van der Waals surface area (Å²) in [6.45, 7) is 4.87. The molecule has 15 heteroatoms. The number of carbonyl (C=O) groups excluding carboxylic acids is 2. The van der Waals surface area contributed by atoms with Crippen LogP contribution in [0.3, 0.4) is 0 Å². The number of carbonyl (C=O) groups is 4. The second-order valence-corrected chi connectivity index (χ2v) is 21.1. The molecule has 0 unspecified atom stereocenters. The summed E-state index contributed by atoms with van der Waals surface area (Å²) >= 11 is 14.1. The van der Waals surface area contributed by atoms with E-state index in [1.807, 2.05) is 53.6 Å². The van der Waals surface area contributed by atoms with E-state index in [0.717, 1.165) is 139 Å². The molecule has 5 fully saturated rings. The maximum absolute atomic E-state index is 14.0. The van der Waals surface area contributed by atoms with Crippen molar-refractivity contribution in [1.82, 2.24) is 28.9 Å². The normalized spacial score (nSPS) is 27.4. The first kappa shape index (κ1) is 43.3. The van der Waals surface area contributed by atoms with Crippen LogP contribution in [0, 0.1) is 21.7 Å². The minimum atomic E-state index is -0.632. The second kappa shape index (κ2) is 16.1. The molecule has 5 aliphatic carbocycles. The lowest BCUT2D eigenvalue weighted by Crippen LogP contribution is -2.51. The molecule has 2 aliphatic heterocycles. The Bertz CT molecular complexity index is 2570. The van der Waals surface area contributed by atoms with Crippen LogP contribution in [0.15, 0.2) is 36.4 Å². The number of ketones is 1. The lowest BCUT2D eigenvalue weighted by molar-refractivity contribution is -0.159. The van der Waals surface area contributed by atoms with Gasteiger partial charge in [-0.1, -0.05) is 53.5 Å². The van der Waals surface area contributed by atoms with Crippen LogP contribution in [-0.4, -0.2) is 88.9 Å². The molecule has 0 saturated heterocycles. The summed E-state index contributed by atoms with van der Waals surface area (Å²) in [5.74, 6) is -1.05. The quantitative estimate of drug-likeness (QED) is 0.111. The fraction of sp³-hybridized carbons (Fsp3) is 0.551. The zero-order chi connectivity index (χ0) is 44.8. The van der Waals surface area contributed by atoms with Crippen LogP contribution < -0.4 is 5.32 Å². The van der Waals surface area contributed by atoms with Gasteiger partial charge in [0.25, 0.3) is 5.91 Å². The molecule has 3 N–H and O–H groups in total. The number of aromatic nitrogens is 4. The first-order valence-electron chi connectivity index (χ1n) is 23.0. The summed E-state index contributed by atoms with van der Waals surface area (Å²) in [6, 6.07) is 11.0. The van der Waals surface area contributed by atoms with E-state index in [-0.39, 0.29) is 28.9 Å². The summed E-state index contributed by atoms with van der Waals surface area (Å²) in [4.78, 5) is 66.3. The minimum absolute atomic E-state index is 0.0517. The summed E-state index contributed by atoms with van der Waals surface area (Å²) in [5, 5.41) is 23.4. The zero-order valence-electron chi connectivity index (χ0n) is 36.8. The van der Waals surface area contributed by atoms with Gasteiger partial charge in [-0.25, -0.2) is 9.97 Å². The smallest absolute Gasteiger partial charge is 0.309 e. The Morgan fingerprint density at radius 1 is 0.688 bits per heavy atom. The number of hydrogen-bond donors (Lipinski definition) is 3. The van der Waals surface area contributed by atoms with Gasteiger partial charge in [0.2, 0.25) is 5.78 Å². The molecular formula is C49H57Cl2N7O6. The van der Waals surface area contributed by atoms with Gasteiger partial charge in [0.05, 0.1) is 38.0 Å². The lowest BCUT2D eigenvalue weighted by Gasteiger charge is -2.53. The van der Waals surface area contributed by atoms with E-state index >= 15 is 0 Å². The third-order valence-electron chi connectivity index (χ3n) is 16.9. The first-order chi connectivity index (χ1) is 30.6. The molecule has 13 nitrogen and oxygen atoms in total. The number of benzene rings is 2. The van der Waals surface area contributed by atoms with E-state index in [0.29, 0.717) is 57.2 Å². The molecular weight excluding hydrogens is 853 g/mol. The maximum atomic E-state index is 14.0. The van der Waals surface area contributed by atoms with Crippen molar-refractivity contribution in [3.63, 3.8) is 0 Å². The highest BCUT2D eigenvalue weighted by atomic mass is 35.5. The van der Waals surface area contributed by atoms with Gasteiger partial charge in [-0.2, -0.15) is 0 Å².